The van der Waals surface area contributed by atoms with Crippen LogP contribution in [0.4, 0.5) is 0 Å². The zero-order valence-electron chi connectivity index (χ0n) is 12.5. The molecule has 0 aromatic heterocycles. The molecule has 114 valence electrons. The van der Waals surface area contributed by atoms with Gasteiger partial charge in [0.25, 0.3) is 10.2 Å². The summed E-state index contributed by atoms with van der Waals surface area (Å²) in [5.41, 5.74) is 0. The van der Waals surface area contributed by atoms with Crippen molar-refractivity contribution in [2.75, 3.05) is 26.2 Å². The van der Waals surface area contributed by atoms with Crippen molar-refractivity contribution in [1.29, 1.82) is 0 Å². The zero-order chi connectivity index (χ0) is 14.6. The van der Waals surface area contributed by atoms with Gasteiger partial charge in [-0.3, -0.25) is 0 Å². The maximum absolute atomic E-state index is 12.6. The lowest BCUT2D eigenvalue weighted by Gasteiger charge is -2.36. The quantitative estimate of drug-likeness (QED) is 0.803. The van der Waals surface area contributed by atoms with Crippen LogP contribution in [0.3, 0.4) is 0 Å². The fourth-order valence-corrected chi connectivity index (χ4v) is 4.39. The molecule has 1 saturated heterocycles. The topological polar surface area (TPSA) is 60.9 Å². The van der Waals surface area contributed by atoms with Crippen LogP contribution in [0.15, 0.2) is 0 Å². The number of piperidine rings is 1. The Balaban J connectivity index is 2.77. The number of hydrogen-bond acceptors (Lipinski definition) is 3. The summed E-state index contributed by atoms with van der Waals surface area (Å²) in [7, 11) is -3.37. The van der Waals surface area contributed by atoms with E-state index in [0.29, 0.717) is 25.6 Å². The van der Waals surface area contributed by atoms with E-state index in [0.717, 1.165) is 12.8 Å². The van der Waals surface area contributed by atoms with Crippen molar-refractivity contribution in [3.63, 3.8) is 0 Å². The third-order valence-electron chi connectivity index (χ3n) is 3.58. The highest BCUT2D eigenvalue weighted by Gasteiger charge is 2.34. The Morgan fingerprint density at radius 1 is 1.21 bits per heavy atom. The van der Waals surface area contributed by atoms with Gasteiger partial charge in [0.05, 0.1) is 0 Å². The van der Waals surface area contributed by atoms with E-state index in [-0.39, 0.29) is 18.6 Å². The van der Waals surface area contributed by atoms with Crippen LogP contribution in [-0.2, 0) is 10.2 Å². The molecule has 0 aromatic carbocycles. The molecule has 0 amide bonds. The Kier molecular flexibility index (Phi) is 6.23. The van der Waals surface area contributed by atoms with E-state index in [1.807, 2.05) is 27.7 Å². The third kappa shape index (κ3) is 4.41. The lowest BCUT2D eigenvalue weighted by Crippen LogP contribution is -2.50. The molecule has 0 aliphatic carbocycles. The maximum atomic E-state index is 12.6. The van der Waals surface area contributed by atoms with Gasteiger partial charge >= 0.3 is 0 Å². The molecule has 1 fully saturated rings. The van der Waals surface area contributed by atoms with Crippen LogP contribution >= 0.6 is 0 Å². The molecular formula is C13H28N2O3S. The average molecular weight is 292 g/mol. The highest BCUT2D eigenvalue weighted by molar-refractivity contribution is 7.86. The number of hydrogen-bond donors (Lipinski definition) is 1. The average Bonchev–Trinajstić information content (AvgIpc) is 2.35. The minimum atomic E-state index is -3.37. The Labute approximate surface area is 117 Å². The summed E-state index contributed by atoms with van der Waals surface area (Å²) in [6.07, 6.45) is 1.51. The van der Waals surface area contributed by atoms with E-state index < -0.39 is 10.2 Å². The fraction of sp³-hybridized carbons (Fsp3) is 1.00. The van der Waals surface area contributed by atoms with Crippen molar-refractivity contribution >= 4 is 10.2 Å². The van der Waals surface area contributed by atoms with Gasteiger partial charge in [-0.1, -0.05) is 13.8 Å². The predicted octanol–water partition coefficient (Wildman–Crippen LogP) is 1.30. The van der Waals surface area contributed by atoms with E-state index in [9.17, 15) is 8.42 Å². The first-order valence-electron chi connectivity index (χ1n) is 7.16. The molecule has 0 spiro atoms. The summed E-state index contributed by atoms with van der Waals surface area (Å²) in [5.74, 6) is 0.566. The molecule has 0 radical (unpaired) electrons. The molecule has 1 N–H and O–H groups in total. The van der Waals surface area contributed by atoms with Gasteiger partial charge in [-0.25, -0.2) is 0 Å². The Morgan fingerprint density at radius 3 is 2.11 bits per heavy atom. The van der Waals surface area contributed by atoms with Crippen molar-refractivity contribution in [3.05, 3.63) is 0 Å². The molecule has 1 aliphatic rings. The van der Waals surface area contributed by atoms with E-state index in [1.165, 1.54) is 0 Å². The molecule has 0 saturated carbocycles. The predicted molar refractivity (Wildman–Crippen MR) is 77.0 cm³/mol. The van der Waals surface area contributed by atoms with Crippen LogP contribution in [-0.4, -0.2) is 54.4 Å². The molecule has 1 rings (SSSR count). The highest BCUT2D eigenvalue weighted by Crippen LogP contribution is 2.22. The molecule has 5 nitrogen and oxygen atoms in total. The molecule has 0 unspecified atom stereocenters. The number of aliphatic hydroxyl groups excluding tert-OH is 1. The lowest BCUT2D eigenvalue weighted by molar-refractivity contribution is 0.163. The molecule has 0 aromatic rings. The van der Waals surface area contributed by atoms with E-state index >= 15 is 0 Å². The molecule has 0 bridgehead atoms. The number of nitrogens with zero attached hydrogens (tertiary/aromatic N) is 2. The highest BCUT2D eigenvalue weighted by atomic mass is 32.2. The summed E-state index contributed by atoms with van der Waals surface area (Å²) in [4.78, 5) is 0. The van der Waals surface area contributed by atoms with Crippen molar-refractivity contribution in [3.8, 4) is 0 Å². The van der Waals surface area contributed by atoms with Gasteiger partial charge in [-0.2, -0.15) is 17.0 Å². The van der Waals surface area contributed by atoms with E-state index in [1.54, 1.807) is 8.61 Å². The SMILES string of the molecule is CC(C)CN(C(C)C)S(=O)(=O)N1CCC(CO)CC1. The van der Waals surface area contributed by atoms with Gasteiger partial charge in [0, 0.05) is 32.3 Å². The van der Waals surface area contributed by atoms with Crippen LogP contribution in [0.5, 0.6) is 0 Å². The maximum Gasteiger partial charge on any atom is 0.282 e. The van der Waals surface area contributed by atoms with Crippen LogP contribution in [0.25, 0.3) is 0 Å². The van der Waals surface area contributed by atoms with Gasteiger partial charge in [0.1, 0.15) is 0 Å². The van der Waals surface area contributed by atoms with Gasteiger partial charge in [0.15, 0.2) is 0 Å². The van der Waals surface area contributed by atoms with E-state index in [4.69, 9.17) is 5.11 Å². The minimum absolute atomic E-state index is 0.0250. The largest absolute Gasteiger partial charge is 0.396 e. The summed E-state index contributed by atoms with van der Waals surface area (Å²) in [6, 6.07) is -0.0250. The first-order valence-corrected chi connectivity index (χ1v) is 8.56. The van der Waals surface area contributed by atoms with E-state index in [2.05, 4.69) is 0 Å². The van der Waals surface area contributed by atoms with Gasteiger partial charge in [-0.05, 0) is 38.5 Å². The fourth-order valence-electron chi connectivity index (χ4n) is 2.40. The number of aliphatic hydroxyl groups is 1. The Hall–Kier alpha value is -0.170. The molecular weight excluding hydrogens is 264 g/mol. The molecule has 6 heteroatoms. The second-order valence-corrected chi connectivity index (χ2v) is 7.97. The Morgan fingerprint density at radius 2 is 1.74 bits per heavy atom. The summed E-state index contributed by atoms with van der Waals surface area (Å²) in [6.45, 7) is 9.66. The van der Waals surface area contributed by atoms with Crippen LogP contribution < -0.4 is 0 Å². The summed E-state index contributed by atoms with van der Waals surface area (Å²) < 4.78 is 28.5. The molecule has 1 aliphatic heterocycles. The van der Waals surface area contributed by atoms with Gasteiger partial charge in [0.2, 0.25) is 0 Å². The molecule has 0 atom stereocenters. The van der Waals surface area contributed by atoms with Crippen LogP contribution in [0, 0.1) is 11.8 Å². The van der Waals surface area contributed by atoms with Crippen molar-refractivity contribution in [1.82, 2.24) is 8.61 Å². The standard InChI is InChI=1S/C13H28N2O3S/c1-11(2)9-15(12(3)4)19(17,18)14-7-5-13(10-16)6-8-14/h11-13,16H,5-10H2,1-4H3. The molecule has 1 heterocycles. The first kappa shape index (κ1) is 16.9. The first-order chi connectivity index (χ1) is 8.78. The summed E-state index contributed by atoms with van der Waals surface area (Å²) >= 11 is 0. The lowest BCUT2D eigenvalue weighted by atomic mass is 10.00. The second-order valence-electron chi connectivity index (χ2n) is 6.09. The van der Waals surface area contributed by atoms with Crippen molar-refractivity contribution in [2.45, 2.75) is 46.6 Å². The van der Waals surface area contributed by atoms with Gasteiger partial charge in [-0.15, -0.1) is 0 Å². The molecule has 19 heavy (non-hydrogen) atoms. The minimum Gasteiger partial charge on any atom is -0.396 e. The third-order valence-corrected chi connectivity index (χ3v) is 5.76. The normalized spacial score (nSPS) is 19.8. The number of rotatable bonds is 6. The monoisotopic (exact) mass is 292 g/mol. The smallest absolute Gasteiger partial charge is 0.282 e. The van der Waals surface area contributed by atoms with Crippen LogP contribution in [0.1, 0.15) is 40.5 Å². The van der Waals surface area contributed by atoms with Crippen molar-refractivity contribution < 1.29 is 13.5 Å². The zero-order valence-corrected chi connectivity index (χ0v) is 13.4. The van der Waals surface area contributed by atoms with Gasteiger partial charge < -0.3 is 5.11 Å². The Bertz CT molecular complexity index is 360. The second kappa shape index (κ2) is 7.02. The van der Waals surface area contributed by atoms with Crippen LogP contribution in [0.2, 0.25) is 0 Å². The van der Waals surface area contributed by atoms with Crippen molar-refractivity contribution in [2.24, 2.45) is 11.8 Å². The summed E-state index contributed by atoms with van der Waals surface area (Å²) in [5, 5.41) is 9.12.